The number of hydrogen-bond acceptors (Lipinski definition) is 5. The molecule has 6 nitrogen and oxygen atoms in total. The van der Waals surface area contributed by atoms with Crippen molar-refractivity contribution < 1.29 is 4.42 Å². The van der Waals surface area contributed by atoms with Gasteiger partial charge in [0, 0.05) is 11.8 Å². The number of oxazole rings is 1. The minimum Gasteiger partial charge on any atom is -0.408 e. The van der Waals surface area contributed by atoms with Crippen molar-refractivity contribution in [2.45, 2.75) is 6.54 Å². The third kappa shape index (κ3) is 2.25. The van der Waals surface area contributed by atoms with Crippen molar-refractivity contribution in [2.75, 3.05) is 7.05 Å². The van der Waals surface area contributed by atoms with Crippen LogP contribution in [0.4, 0.5) is 0 Å². The molecule has 0 aliphatic carbocycles. The van der Waals surface area contributed by atoms with Crippen molar-refractivity contribution in [1.82, 2.24) is 20.3 Å². The van der Waals surface area contributed by atoms with Crippen molar-refractivity contribution in [3.05, 3.63) is 46.8 Å². The van der Waals surface area contributed by atoms with E-state index in [0.717, 1.165) is 17.1 Å². The normalized spacial score (nSPS) is 11.0. The van der Waals surface area contributed by atoms with Crippen LogP contribution in [-0.2, 0) is 6.54 Å². The second-order valence-electron chi connectivity index (χ2n) is 4.11. The Morgan fingerprint density at radius 3 is 3.11 bits per heavy atom. The van der Waals surface area contributed by atoms with Gasteiger partial charge in [0.2, 0.25) is 0 Å². The monoisotopic (exact) mass is 256 g/mol. The van der Waals surface area contributed by atoms with Crippen LogP contribution in [0.2, 0.25) is 0 Å². The zero-order valence-corrected chi connectivity index (χ0v) is 10.3. The van der Waals surface area contributed by atoms with Crippen LogP contribution < -0.4 is 11.1 Å². The van der Waals surface area contributed by atoms with E-state index in [4.69, 9.17) is 4.42 Å². The first-order valence-electron chi connectivity index (χ1n) is 5.86. The molecular weight excluding hydrogens is 244 g/mol. The SMILES string of the molecule is CNCc1nccc(-c2ccc3oc(=O)[nH]c3c2)n1. The number of benzene rings is 1. The summed E-state index contributed by atoms with van der Waals surface area (Å²) in [7, 11) is 1.85. The molecule has 0 fully saturated rings. The summed E-state index contributed by atoms with van der Waals surface area (Å²) in [6.07, 6.45) is 1.72. The summed E-state index contributed by atoms with van der Waals surface area (Å²) in [5.41, 5.74) is 2.92. The molecule has 3 rings (SSSR count). The smallest absolute Gasteiger partial charge is 0.408 e. The van der Waals surface area contributed by atoms with Gasteiger partial charge in [0.25, 0.3) is 0 Å². The number of H-pyrrole nitrogens is 1. The van der Waals surface area contributed by atoms with Crippen LogP contribution in [0.25, 0.3) is 22.4 Å². The van der Waals surface area contributed by atoms with Crippen LogP contribution in [0.5, 0.6) is 0 Å². The summed E-state index contributed by atoms with van der Waals surface area (Å²) in [6, 6.07) is 7.29. The minimum absolute atomic E-state index is 0.453. The highest BCUT2D eigenvalue weighted by molar-refractivity contribution is 5.78. The van der Waals surface area contributed by atoms with Gasteiger partial charge in [-0.1, -0.05) is 0 Å². The highest BCUT2D eigenvalue weighted by atomic mass is 16.4. The third-order valence-corrected chi connectivity index (χ3v) is 2.76. The summed E-state index contributed by atoms with van der Waals surface area (Å²) in [5, 5.41) is 3.01. The standard InChI is InChI=1S/C13H12N4O2/c1-14-7-12-15-5-4-9(16-12)8-2-3-11-10(6-8)17-13(18)19-11/h2-6,14H,7H2,1H3,(H,17,18). The molecule has 0 atom stereocenters. The number of fused-ring (bicyclic) bond motifs is 1. The van der Waals surface area contributed by atoms with Gasteiger partial charge in [-0.25, -0.2) is 14.8 Å². The van der Waals surface area contributed by atoms with Gasteiger partial charge >= 0.3 is 5.76 Å². The van der Waals surface area contributed by atoms with Gasteiger partial charge in [-0.05, 0) is 31.3 Å². The van der Waals surface area contributed by atoms with E-state index >= 15 is 0 Å². The Hall–Kier alpha value is -2.47. The second-order valence-corrected chi connectivity index (χ2v) is 4.11. The average Bonchev–Trinajstić information content (AvgIpc) is 2.78. The highest BCUT2D eigenvalue weighted by Crippen LogP contribution is 2.21. The molecule has 3 aromatic rings. The van der Waals surface area contributed by atoms with E-state index in [0.29, 0.717) is 17.6 Å². The topological polar surface area (TPSA) is 83.8 Å². The summed E-state index contributed by atoms with van der Waals surface area (Å²) in [5.74, 6) is 0.270. The Morgan fingerprint density at radius 1 is 1.37 bits per heavy atom. The molecule has 0 aliphatic heterocycles. The van der Waals surface area contributed by atoms with Crippen LogP contribution in [0.1, 0.15) is 5.82 Å². The van der Waals surface area contributed by atoms with E-state index < -0.39 is 5.76 Å². The molecule has 19 heavy (non-hydrogen) atoms. The Balaban J connectivity index is 2.07. The van der Waals surface area contributed by atoms with E-state index in [-0.39, 0.29) is 0 Å². The van der Waals surface area contributed by atoms with E-state index in [1.165, 1.54) is 0 Å². The Morgan fingerprint density at radius 2 is 2.26 bits per heavy atom. The Bertz CT molecular complexity index is 775. The van der Waals surface area contributed by atoms with Crippen molar-refractivity contribution in [2.24, 2.45) is 0 Å². The lowest BCUT2D eigenvalue weighted by Gasteiger charge is -2.03. The lowest BCUT2D eigenvalue weighted by atomic mass is 10.1. The minimum atomic E-state index is -0.453. The van der Waals surface area contributed by atoms with Crippen LogP contribution in [0.15, 0.2) is 39.7 Å². The molecule has 2 N–H and O–H groups in total. The van der Waals surface area contributed by atoms with Crippen molar-refractivity contribution in [1.29, 1.82) is 0 Å². The maximum absolute atomic E-state index is 11.1. The highest BCUT2D eigenvalue weighted by Gasteiger charge is 2.06. The van der Waals surface area contributed by atoms with Gasteiger partial charge in [0.1, 0.15) is 5.82 Å². The second kappa shape index (κ2) is 4.66. The predicted octanol–water partition coefficient (Wildman–Crippen LogP) is 1.30. The van der Waals surface area contributed by atoms with Gasteiger partial charge in [0.15, 0.2) is 5.58 Å². The first-order chi connectivity index (χ1) is 9.26. The lowest BCUT2D eigenvalue weighted by molar-refractivity contribution is 0.555. The van der Waals surface area contributed by atoms with Crippen LogP contribution >= 0.6 is 0 Å². The molecule has 96 valence electrons. The molecule has 0 amide bonds. The molecule has 0 aliphatic rings. The van der Waals surface area contributed by atoms with Gasteiger partial charge in [0.05, 0.1) is 17.8 Å². The summed E-state index contributed by atoms with van der Waals surface area (Å²) < 4.78 is 4.97. The Kier molecular flexibility index (Phi) is 2.85. The fraction of sp³-hybridized carbons (Fsp3) is 0.154. The molecular formula is C13H12N4O2. The van der Waals surface area contributed by atoms with Crippen LogP contribution in [-0.4, -0.2) is 22.0 Å². The zero-order valence-electron chi connectivity index (χ0n) is 10.3. The molecule has 0 spiro atoms. The van der Waals surface area contributed by atoms with Crippen molar-refractivity contribution in [3.8, 4) is 11.3 Å². The van der Waals surface area contributed by atoms with Gasteiger partial charge in [-0.3, -0.25) is 4.98 Å². The summed E-state index contributed by atoms with van der Waals surface area (Å²) in [6.45, 7) is 0.610. The first kappa shape index (κ1) is 11.6. The predicted molar refractivity (Wildman–Crippen MR) is 70.6 cm³/mol. The number of nitrogens with zero attached hydrogens (tertiary/aromatic N) is 2. The number of aromatic nitrogens is 3. The number of nitrogens with one attached hydrogen (secondary N) is 2. The van der Waals surface area contributed by atoms with Gasteiger partial charge < -0.3 is 9.73 Å². The first-order valence-corrected chi connectivity index (χ1v) is 5.86. The molecule has 1 aromatic carbocycles. The van der Waals surface area contributed by atoms with Crippen molar-refractivity contribution in [3.63, 3.8) is 0 Å². The van der Waals surface area contributed by atoms with Gasteiger partial charge in [-0.2, -0.15) is 0 Å². The molecule has 6 heteroatoms. The van der Waals surface area contributed by atoms with E-state index in [2.05, 4.69) is 20.3 Å². The molecule has 0 saturated heterocycles. The summed E-state index contributed by atoms with van der Waals surface area (Å²) in [4.78, 5) is 22.4. The molecule has 2 heterocycles. The lowest BCUT2D eigenvalue weighted by Crippen LogP contribution is -2.09. The molecule has 0 radical (unpaired) electrons. The molecule has 0 unspecified atom stereocenters. The number of aromatic amines is 1. The average molecular weight is 256 g/mol. The van der Waals surface area contributed by atoms with Crippen LogP contribution in [0.3, 0.4) is 0 Å². The fourth-order valence-corrected chi connectivity index (χ4v) is 1.91. The largest absolute Gasteiger partial charge is 0.417 e. The van der Waals surface area contributed by atoms with E-state index in [9.17, 15) is 4.79 Å². The maximum atomic E-state index is 11.1. The van der Waals surface area contributed by atoms with Gasteiger partial charge in [-0.15, -0.1) is 0 Å². The molecule has 0 bridgehead atoms. The van der Waals surface area contributed by atoms with Crippen molar-refractivity contribution >= 4 is 11.1 Å². The molecule has 2 aromatic heterocycles. The zero-order chi connectivity index (χ0) is 13.2. The van der Waals surface area contributed by atoms with Crippen LogP contribution in [0, 0.1) is 0 Å². The number of rotatable bonds is 3. The fourth-order valence-electron chi connectivity index (χ4n) is 1.91. The number of hydrogen-bond donors (Lipinski definition) is 2. The van der Waals surface area contributed by atoms with E-state index in [1.54, 1.807) is 12.3 Å². The summed E-state index contributed by atoms with van der Waals surface area (Å²) >= 11 is 0. The third-order valence-electron chi connectivity index (χ3n) is 2.76. The Labute approximate surface area is 108 Å². The van der Waals surface area contributed by atoms with E-state index in [1.807, 2.05) is 25.2 Å². The molecule has 0 saturated carbocycles. The quantitative estimate of drug-likeness (QED) is 0.738. The maximum Gasteiger partial charge on any atom is 0.417 e.